The number of hydrogen-bond acceptors (Lipinski definition) is 3. The third-order valence-corrected chi connectivity index (χ3v) is 4.00. The van der Waals surface area contributed by atoms with E-state index in [0.29, 0.717) is 0 Å². The van der Waals surface area contributed by atoms with Gasteiger partial charge in [-0.1, -0.05) is 6.92 Å². The molecule has 2 nitrogen and oxygen atoms in total. The van der Waals surface area contributed by atoms with Gasteiger partial charge in [-0.05, 0) is 60.8 Å². The molecule has 1 atom stereocenters. The van der Waals surface area contributed by atoms with Crippen molar-refractivity contribution in [3.63, 3.8) is 0 Å². The van der Waals surface area contributed by atoms with Crippen LogP contribution in [0.1, 0.15) is 25.3 Å². The van der Waals surface area contributed by atoms with Crippen LogP contribution in [0.2, 0.25) is 0 Å². The van der Waals surface area contributed by atoms with E-state index in [1.165, 1.54) is 38.0 Å². The Kier molecular flexibility index (Phi) is 4.82. The van der Waals surface area contributed by atoms with E-state index >= 15 is 0 Å². The van der Waals surface area contributed by atoms with Crippen molar-refractivity contribution < 1.29 is 0 Å². The van der Waals surface area contributed by atoms with Crippen molar-refractivity contribution in [2.45, 2.75) is 26.3 Å². The van der Waals surface area contributed by atoms with Gasteiger partial charge >= 0.3 is 0 Å². The predicted octanol–water partition coefficient (Wildman–Crippen LogP) is 2.57. The minimum Gasteiger partial charge on any atom is -0.317 e. The van der Waals surface area contributed by atoms with Crippen LogP contribution in [0.15, 0.2) is 16.8 Å². The molecular weight excluding hydrogens is 216 g/mol. The van der Waals surface area contributed by atoms with Crippen LogP contribution >= 0.6 is 11.3 Å². The van der Waals surface area contributed by atoms with Crippen molar-refractivity contribution in [1.82, 2.24) is 10.2 Å². The fourth-order valence-corrected chi connectivity index (χ4v) is 3.11. The first-order valence-corrected chi connectivity index (χ1v) is 7.27. The quantitative estimate of drug-likeness (QED) is 0.848. The molecule has 1 aromatic rings. The van der Waals surface area contributed by atoms with Crippen molar-refractivity contribution in [1.29, 1.82) is 0 Å². The average Bonchev–Trinajstić information content (AvgIpc) is 2.80. The number of hydrogen-bond donors (Lipinski definition) is 1. The van der Waals surface area contributed by atoms with E-state index in [-0.39, 0.29) is 0 Å². The minimum atomic E-state index is 0.854. The zero-order valence-corrected chi connectivity index (χ0v) is 10.9. The minimum absolute atomic E-state index is 0.854. The van der Waals surface area contributed by atoms with Crippen molar-refractivity contribution in [2.24, 2.45) is 5.92 Å². The molecular formula is C13H22N2S. The average molecular weight is 238 g/mol. The summed E-state index contributed by atoms with van der Waals surface area (Å²) in [6.07, 6.45) is 2.76. The Bertz CT molecular complexity index is 284. The first-order valence-electron chi connectivity index (χ1n) is 6.32. The SMILES string of the molecule is CCNCC1CCCN(Cc2ccsc2)C1. The Balaban J connectivity index is 1.77. The van der Waals surface area contributed by atoms with Gasteiger partial charge in [-0.15, -0.1) is 0 Å². The van der Waals surface area contributed by atoms with Gasteiger partial charge in [0.1, 0.15) is 0 Å². The van der Waals surface area contributed by atoms with E-state index in [1.807, 2.05) is 0 Å². The molecule has 0 aromatic carbocycles. The summed E-state index contributed by atoms with van der Waals surface area (Å²) in [6, 6.07) is 2.25. The lowest BCUT2D eigenvalue weighted by Crippen LogP contribution is -2.39. The van der Waals surface area contributed by atoms with Gasteiger partial charge in [0.2, 0.25) is 0 Å². The molecule has 1 aromatic heterocycles. The normalized spacial score (nSPS) is 22.4. The van der Waals surface area contributed by atoms with E-state index in [1.54, 1.807) is 11.3 Å². The topological polar surface area (TPSA) is 15.3 Å². The molecule has 2 rings (SSSR count). The summed E-state index contributed by atoms with van der Waals surface area (Å²) in [5.41, 5.74) is 1.48. The van der Waals surface area contributed by atoms with Gasteiger partial charge in [-0.25, -0.2) is 0 Å². The van der Waals surface area contributed by atoms with Gasteiger partial charge in [-0.3, -0.25) is 4.90 Å². The standard InChI is InChI=1S/C13H22N2S/c1-2-14-8-12-4-3-6-15(9-12)10-13-5-7-16-11-13/h5,7,11-12,14H,2-4,6,8-10H2,1H3. The van der Waals surface area contributed by atoms with Crippen molar-refractivity contribution in [3.8, 4) is 0 Å². The van der Waals surface area contributed by atoms with E-state index in [9.17, 15) is 0 Å². The summed E-state index contributed by atoms with van der Waals surface area (Å²) in [6.45, 7) is 8.16. The summed E-state index contributed by atoms with van der Waals surface area (Å²) in [4.78, 5) is 2.60. The molecule has 3 heteroatoms. The van der Waals surface area contributed by atoms with E-state index < -0.39 is 0 Å². The van der Waals surface area contributed by atoms with Crippen molar-refractivity contribution >= 4 is 11.3 Å². The molecule has 0 bridgehead atoms. The smallest absolute Gasteiger partial charge is 0.0242 e. The zero-order chi connectivity index (χ0) is 11.2. The summed E-state index contributed by atoms with van der Waals surface area (Å²) in [7, 11) is 0. The highest BCUT2D eigenvalue weighted by atomic mass is 32.1. The van der Waals surface area contributed by atoms with E-state index in [0.717, 1.165) is 19.0 Å². The number of nitrogens with zero attached hydrogens (tertiary/aromatic N) is 1. The Labute approximate surface area is 103 Å². The molecule has 1 aliphatic heterocycles. The molecule has 1 unspecified atom stereocenters. The first kappa shape index (κ1) is 12.1. The van der Waals surface area contributed by atoms with Gasteiger partial charge < -0.3 is 5.32 Å². The van der Waals surface area contributed by atoms with Crippen LogP contribution in [0.25, 0.3) is 0 Å². The Morgan fingerprint density at radius 2 is 2.50 bits per heavy atom. The maximum Gasteiger partial charge on any atom is 0.0242 e. The predicted molar refractivity (Wildman–Crippen MR) is 70.9 cm³/mol. The fraction of sp³-hybridized carbons (Fsp3) is 0.692. The molecule has 1 aliphatic rings. The lowest BCUT2D eigenvalue weighted by Gasteiger charge is -2.32. The largest absolute Gasteiger partial charge is 0.317 e. The molecule has 0 spiro atoms. The van der Waals surface area contributed by atoms with Gasteiger partial charge in [0.25, 0.3) is 0 Å². The van der Waals surface area contributed by atoms with Crippen molar-refractivity contribution in [2.75, 3.05) is 26.2 Å². The Morgan fingerprint density at radius 3 is 3.25 bits per heavy atom. The van der Waals surface area contributed by atoms with E-state index in [4.69, 9.17) is 0 Å². The van der Waals surface area contributed by atoms with Crippen LogP contribution in [0, 0.1) is 5.92 Å². The zero-order valence-electron chi connectivity index (χ0n) is 10.1. The summed E-state index contributed by atoms with van der Waals surface area (Å²) < 4.78 is 0. The number of thiophene rings is 1. The van der Waals surface area contributed by atoms with Crippen LogP contribution in [0.3, 0.4) is 0 Å². The lowest BCUT2D eigenvalue weighted by atomic mass is 9.97. The maximum absolute atomic E-state index is 3.47. The molecule has 90 valence electrons. The molecule has 16 heavy (non-hydrogen) atoms. The fourth-order valence-electron chi connectivity index (χ4n) is 2.45. The van der Waals surface area contributed by atoms with Gasteiger partial charge in [0.05, 0.1) is 0 Å². The molecule has 0 saturated carbocycles. The molecule has 1 saturated heterocycles. The van der Waals surface area contributed by atoms with Crippen molar-refractivity contribution in [3.05, 3.63) is 22.4 Å². The summed E-state index contributed by atoms with van der Waals surface area (Å²) >= 11 is 1.80. The Morgan fingerprint density at radius 1 is 1.56 bits per heavy atom. The van der Waals surface area contributed by atoms with Crippen LogP contribution in [0.5, 0.6) is 0 Å². The highest BCUT2D eigenvalue weighted by molar-refractivity contribution is 7.07. The number of rotatable bonds is 5. The van der Waals surface area contributed by atoms with Crippen LogP contribution in [-0.2, 0) is 6.54 Å². The lowest BCUT2D eigenvalue weighted by molar-refractivity contribution is 0.166. The van der Waals surface area contributed by atoms with Gasteiger partial charge in [0.15, 0.2) is 0 Å². The summed E-state index contributed by atoms with van der Waals surface area (Å²) in [5, 5.41) is 7.92. The summed E-state index contributed by atoms with van der Waals surface area (Å²) in [5.74, 6) is 0.854. The highest BCUT2D eigenvalue weighted by Crippen LogP contribution is 2.18. The number of nitrogens with one attached hydrogen (secondary N) is 1. The second kappa shape index (κ2) is 6.38. The van der Waals surface area contributed by atoms with Crippen LogP contribution < -0.4 is 5.32 Å². The highest BCUT2D eigenvalue weighted by Gasteiger charge is 2.19. The molecule has 1 fully saturated rings. The third kappa shape index (κ3) is 3.58. The molecule has 0 radical (unpaired) electrons. The molecule has 0 aliphatic carbocycles. The molecule has 1 N–H and O–H groups in total. The molecule has 2 heterocycles. The monoisotopic (exact) mass is 238 g/mol. The Hall–Kier alpha value is -0.380. The second-order valence-corrected chi connectivity index (χ2v) is 5.46. The van der Waals surface area contributed by atoms with Gasteiger partial charge in [-0.2, -0.15) is 11.3 Å². The first-order chi connectivity index (χ1) is 7.88. The number of likely N-dealkylation sites (tertiary alicyclic amines) is 1. The van der Waals surface area contributed by atoms with Crippen LogP contribution in [0.4, 0.5) is 0 Å². The maximum atomic E-state index is 3.47. The van der Waals surface area contributed by atoms with Gasteiger partial charge in [0, 0.05) is 13.1 Å². The van der Waals surface area contributed by atoms with E-state index in [2.05, 4.69) is 34.0 Å². The van der Waals surface area contributed by atoms with Crippen LogP contribution in [-0.4, -0.2) is 31.1 Å². The third-order valence-electron chi connectivity index (χ3n) is 3.27. The second-order valence-electron chi connectivity index (χ2n) is 4.68. The molecule has 0 amide bonds. The number of piperidine rings is 1.